The van der Waals surface area contributed by atoms with Crippen molar-refractivity contribution in [1.29, 1.82) is 5.26 Å². The second kappa shape index (κ2) is 15.5. The number of ether oxygens (including phenoxy) is 2. The third kappa shape index (κ3) is 7.39. The molecule has 0 aromatic heterocycles. The van der Waals surface area contributed by atoms with Crippen molar-refractivity contribution < 1.29 is 22.8 Å². The Morgan fingerprint density at radius 3 is 2.19 bits per heavy atom. The number of nitrogens with zero attached hydrogens (tertiary/aromatic N) is 1. The quantitative estimate of drug-likeness (QED) is 0.350. The molecule has 0 saturated carbocycles. The molecule has 4 rings (SSSR count). The van der Waals surface area contributed by atoms with Crippen LogP contribution < -0.4 is 4.74 Å². The number of hydrogen-bond acceptors (Lipinski definition) is 5. The minimum atomic E-state index is -0.479. The molecule has 0 spiro atoms. The molecule has 2 aromatic rings. The Kier molecular flexibility index (Phi) is 14.4. The highest BCUT2D eigenvalue weighted by Crippen LogP contribution is 2.48. The molecule has 2 atom stereocenters. The molecule has 8 heteroatoms. The first-order valence-electron chi connectivity index (χ1n) is 9.81. The Balaban J connectivity index is 0.000000545. The molecule has 1 saturated heterocycles. The van der Waals surface area contributed by atoms with Crippen LogP contribution in [0.25, 0.3) is 0 Å². The molecule has 2 heterocycles. The molecule has 0 bridgehead atoms. The molecule has 0 aliphatic carbocycles. The summed E-state index contributed by atoms with van der Waals surface area (Å²) in [5.41, 5.74) is 0.00919. The minimum Gasteiger partial charge on any atom is -0.490 e. The van der Waals surface area contributed by atoms with Crippen molar-refractivity contribution in [2.75, 3.05) is 19.8 Å². The van der Waals surface area contributed by atoms with Crippen LogP contribution in [-0.4, -0.2) is 24.4 Å². The zero-order chi connectivity index (χ0) is 24.7. The van der Waals surface area contributed by atoms with Crippen LogP contribution >= 0.6 is 23.6 Å². The van der Waals surface area contributed by atoms with Crippen molar-refractivity contribution in [2.45, 2.75) is 37.5 Å². The number of hydrogen-bond donors (Lipinski definition) is 1. The summed E-state index contributed by atoms with van der Waals surface area (Å²) < 4.78 is 46.9. The molecule has 1 fully saturated rings. The van der Waals surface area contributed by atoms with E-state index in [1.165, 1.54) is 6.07 Å². The first-order chi connectivity index (χ1) is 15.5. The molecule has 2 unspecified atom stereocenters. The van der Waals surface area contributed by atoms with Crippen LogP contribution in [0.5, 0.6) is 5.75 Å². The number of nitriles is 1. The first kappa shape index (κ1) is 29.7. The van der Waals surface area contributed by atoms with E-state index >= 15 is 0 Å². The van der Waals surface area contributed by atoms with Gasteiger partial charge in [-0.25, -0.2) is 14.0 Å². The summed E-state index contributed by atoms with van der Waals surface area (Å²) in [5.74, 6) is -0.672. The monoisotopic (exact) mass is 483 g/mol. The maximum atomic E-state index is 14.0. The topological polar surface area (TPSA) is 62.5 Å². The molecule has 1 N–H and O–H groups in total. The summed E-state index contributed by atoms with van der Waals surface area (Å²) in [5, 5.41) is 7.19. The largest absolute Gasteiger partial charge is 0.490 e. The lowest BCUT2D eigenvalue weighted by atomic mass is 9.67. The predicted molar refractivity (Wildman–Crippen MR) is 126 cm³/mol. The van der Waals surface area contributed by atoms with Crippen LogP contribution in [0.2, 0.25) is 5.02 Å². The highest BCUT2D eigenvalue weighted by atomic mass is 35.5. The maximum absolute atomic E-state index is 14.0. The number of benzene rings is 2. The third-order valence-corrected chi connectivity index (χ3v) is 5.70. The smallest absolute Gasteiger partial charge is 0.165 e. The summed E-state index contributed by atoms with van der Waals surface area (Å²) in [7, 11) is 0. The Hall–Kier alpha value is -2.29. The number of fused-ring (bicyclic) bond motifs is 3. The van der Waals surface area contributed by atoms with Crippen molar-refractivity contribution in [3.63, 3.8) is 0 Å². The van der Waals surface area contributed by atoms with Gasteiger partial charge in [0.2, 0.25) is 0 Å². The highest BCUT2D eigenvalue weighted by Gasteiger charge is 2.46. The average molecular weight is 484 g/mol. The second-order valence-electron chi connectivity index (χ2n) is 6.53. The molecule has 0 radical (unpaired) electrons. The normalized spacial score (nSPS) is 19.7. The number of rotatable bonds is 1. The van der Waals surface area contributed by atoms with Gasteiger partial charge < -0.3 is 14.0 Å². The van der Waals surface area contributed by atoms with Gasteiger partial charge in [0.25, 0.3) is 0 Å². The lowest BCUT2D eigenvalue weighted by molar-refractivity contribution is -0.0285. The summed E-state index contributed by atoms with van der Waals surface area (Å²) in [6.07, 6.45) is 8.70. The van der Waals surface area contributed by atoms with E-state index in [0.29, 0.717) is 36.8 Å². The molecule has 32 heavy (non-hydrogen) atoms. The van der Waals surface area contributed by atoms with Crippen molar-refractivity contribution in [3.8, 4) is 25.2 Å². The molecule has 174 valence electrons. The molecule has 2 aromatic carbocycles. The lowest BCUT2D eigenvalue weighted by Gasteiger charge is -2.45. The van der Waals surface area contributed by atoms with E-state index in [2.05, 4.69) is 19.4 Å². The molecular weight excluding hydrogens is 456 g/mol. The van der Waals surface area contributed by atoms with Gasteiger partial charge in [-0.05, 0) is 42.8 Å². The van der Waals surface area contributed by atoms with Crippen molar-refractivity contribution in [2.24, 2.45) is 5.92 Å². The van der Waals surface area contributed by atoms with E-state index in [4.69, 9.17) is 30.9 Å². The van der Waals surface area contributed by atoms with Crippen LogP contribution in [0.4, 0.5) is 8.78 Å². The fourth-order valence-corrected chi connectivity index (χ4v) is 3.73. The van der Waals surface area contributed by atoms with E-state index < -0.39 is 5.82 Å². The van der Waals surface area contributed by atoms with Gasteiger partial charge in [-0.2, -0.15) is 0 Å². The SMILES string of the molecule is C#C.C#N.CC.CC12CCOCC1COc1c(F)ccc(F)c12.OSc1ccc(Cl)cc1. The van der Waals surface area contributed by atoms with Crippen molar-refractivity contribution in [3.05, 3.63) is 58.6 Å². The number of terminal acetylenes is 1. The van der Waals surface area contributed by atoms with Crippen LogP contribution in [0.1, 0.15) is 32.8 Å². The van der Waals surface area contributed by atoms with Gasteiger partial charge in [0.1, 0.15) is 5.82 Å². The lowest BCUT2D eigenvalue weighted by Crippen LogP contribution is -2.47. The zero-order valence-electron chi connectivity index (χ0n) is 18.4. The third-order valence-electron chi connectivity index (χ3n) is 4.96. The maximum Gasteiger partial charge on any atom is 0.165 e. The van der Waals surface area contributed by atoms with Gasteiger partial charge >= 0.3 is 0 Å². The summed E-state index contributed by atoms with van der Waals surface area (Å²) in [6, 6.07) is 9.29. The summed E-state index contributed by atoms with van der Waals surface area (Å²) in [4.78, 5) is 0.805. The van der Waals surface area contributed by atoms with Crippen LogP contribution in [-0.2, 0) is 10.2 Å². The van der Waals surface area contributed by atoms with E-state index in [9.17, 15) is 8.78 Å². The molecule has 2 aliphatic heterocycles. The van der Waals surface area contributed by atoms with Gasteiger partial charge in [-0.3, -0.25) is 0 Å². The molecule has 2 aliphatic rings. The Morgan fingerprint density at radius 1 is 1.06 bits per heavy atom. The standard InChI is InChI=1S/C13H14F2O2.C6H5ClOS.C2H6.C2H2.CHN/c1-13-4-5-16-6-8(13)7-17-12-10(15)3-2-9(14)11(12)13;7-5-1-3-6(9-8)4-2-5;3*1-2/h2-3,8H,4-7H2,1H3;1-4,8H;1-2H3;1-2H;1H. The minimum absolute atomic E-state index is 0.0886. The Morgan fingerprint density at radius 2 is 1.62 bits per heavy atom. The van der Waals surface area contributed by atoms with E-state index in [1.807, 2.05) is 20.8 Å². The average Bonchev–Trinajstić information content (AvgIpc) is 2.85. The first-order valence-corrected chi connectivity index (χ1v) is 11.0. The second-order valence-corrected chi connectivity index (χ2v) is 7.62. The van der Waals surface area contributed by atoms with E-state index in [0.717, 1.165) is 23.0 Å². The Bertz CT molecular complexity index is 856. The van der Waals surface area contributed by atoms with Gasteiger partial charge in [0.15, 0.2) is 11.6 Å². The number of halogens is 3. The van der Waals surface area contributed by atoms with E-state index in [1.54, 1.807) is 24.3 Å². The zero-order valence-corrected chi connectivity index (χ0v) is 19.9. The fourth-order valence-electron chi connectivity index (χ4n) is 3.34. The van der Waals surface area contributed by atoms with Gasteiger partial charge in [-0.1, -0.05) is 32.4 Å². The molecule has 4 nitrogen and oxygen atoms in total. The predicted octanol–water partition coefficient (Wildman–Crippen LogP) is 6.97. The van der Waals surface area contributed by atoms with Crippen molar-refractivity contribution >= 4 is 23.6 Å². The molecule has 0 amide bonds. The van der Waals surface area contributed by atoms with Gasteiger partial charge in [0.05, 0.1) is 13.2 Å². The van der Waals surface area contributed by atoms with Gasteiger partial charge in [0, 0.05) is 52.0 Å². The van der Waals surface area contributed by atoms with Crippen LogP contribution in [0.15, 0.2) is 41.3 Å². The molecular formula is C24H28ClF2NO3S. The van der Waals surface area contributed by atoms with E-state index in [-0.39, 0.29) is 22.9 Å². The van der Waals surface area contributed by atoms with Crippen molar-refractivity contribution in [1.82, 2.24) is 0 Å². The highest BCUT2D eigenvalue weighted by molar-refractivity contribution is 7.93. The summed E-state index contributed by atoms with van der Waals surface area (Å²) >= 11 is 6.30. The van der Waals surface area contributed by atoms with Gasteiger partial charge in [-0.15, -0.1) is 12.8 Å². The summed E-state index contributed by atoms with van der Waals surface area (Å²) in [6.45, 7) is 11.0. The van der Waals surface area contributed by atoms with Crippen LogP contribution in [0.3, 0.4) is 0 Å². The Labute approximate surface area is 198 Å². The van der Waals surface area contributed by atoms with Crippen LogP contribution in [0, 0.1) is 42.2 Å². The fraction of sp³-hybridized carbons (Fsp3) is 0.375.